The van der Waals surface area contributed by atoms with Gasteiger partial charge in [-0.1, -0.05) is 0 Å². The molecule has 2 aliphatic rings. The number of halogens is 4. The van der Waals surface area contributed by atoms with Gasteiger partial charge in [-0.2, -0.15) is 13.2 Å². The standard InChI is InChI=1S/C11H17F3N2O.ClH/c1-16(10(17)6-11(12,13)14)9-4-7-2-3-8(5-9)15-7;/h7-9,15H,2-6H2,1H3;1H. The normalized spacial score (nSPS) is 30.8. The monoisotopic (exact) mass is 286 g/mol. The van der Waals surface area contributed by atoms with Crippen molar-refractivity contribution in [2.75, 3.05) is 7.05 Å². The van der Waals surface area contributed by atoms with Crippen LogP contribution in [0.15, 0.2) is 0 Å². The van der Waals surface area contributed by atoms with Crippen LogP contribution in [0, 0.1) is 0 Å². The van der Waals surface area contributed by atoms with Crippen LogP contribution in [0.5, 0.6) is 0 Å². The Kier molecular flexibility index (Phi) is 4.89. The van der Waals surface area contributed by atoms with Crippen LogP contribution in [0.4, 0.5) is 13.2 Å². The minimum Gasteiger partial charge on any atom is -0.342 e. The topological polar surface area (TPSA) is 32.3 Å². The van der Waals surface area contributed by atoms with Gasteiger partial charge < -0.3 is 10.2 Å². The van der Waals surface area contributed by atoms with Crippen LogP contribution in [0.25, 0.3) is 0 Å². The largest absolute Gasteiger partial charge is 0.397 e. The van der Waals surface area contributed by atoms with Crippen molar-refractivity contribution in [2.24, 2.45) is 0 Å². The highest BCUT2D eigenvalue weighted by molar-refractivity contribution is 5.85. The zero-order valence-electron chi connectivity index (χ0n) is 10.2. The molecule has 18 heavy (non-hydrogen) atoms. The highest BCUT2D eigenvalue weighted by atomic mass is 35.5. The van der Waals surface area contributed by atoms with Gasteiger partial charge in [0, 0.05) is 25.2 Å². The van der Waals surface area contributed by atoms with Gasteiger partial charge in [0.1, 0.15) is 6.42 Å². The van der Waals surface area contributed by atoms with Gasteiger partial charge in [-0.25, -0.2) is 0 Å². The van der Waals surface area contributed by atoms with Crippen molar-refractivity contribution in [1.82, 2.24) is 10.2 Å². The molecule has 1 amide bonds. The van der Waals surface area contributed by atoms with Gasteiger partial charge in [-0.15, -0.1) is 12.4 Å². The predicted molar refractivity (Wildman–Crippen MR) is 63.7 cm³/mol. The van der Waals surface area contributed by atoms with Crippen molar-refractivity contribution >= 4 is 18.3 Å². The first-order valence-corrected chi connectivity index (χ1v) is 5.93. The summed E-state index contributed by atoms with van der Waals surface area (Å²) in [6.45, 7) is 0. The molecule has 2 bridgehead atoms. The third-order valence-electron chi connectivity index (χ3n) is 3.74. The molecular weight excluding hydrogens is 269 g/mol. The molecular formula is C11H18ClF3N2O. The molecule has 2 unspecified atom stereocenters. The Labute approximate surface area is 110 Å². The van der Waals surface area contributed by atoms with Crippen molar-refractivity contribution in [3.05, 3.63) is 0 Å². The zero-order chi connectivity index (χ0) is 12.6. The van der Waals surface area contributed by atoms with Gasteiger partial charge in [0.05, 0.1) is 0 Å². The number of fused-ring (bicyclic) bond motifs is 2. The molecule has 0 aromatic heterocycles. The second-order valence-corrected chi connectivity index (χ2v) is 5.06. The number of nitrogens with one attached hydrogen (secondary N) is 1. The molecule has 7 heteroatoms. The Balaban J connectivity index is 0.00000162. The third kappa shape index (κ3) is 3.75. The fraction of sp³-hybridized carbons (Fsp3) is 0.909. The van der Waals surface area contributed by atoms with Crippen LogP contribution in [0.2, 0.25) is 0 Å². The van der Waals surface area contributed by atoms with Crippen molar-refractivity contribution in [3.8, 4) is 0 Å². The van der Waals surface area contributed by atoms with Crippen LogP contribution in [0.1, 0.15) is 32.1 Å². The Hall–Kier alpha value is -0.490. The number of nitrogens with zero attached hydrogens (tertiary/aromatic N) is 1. The lowest BCUT2D eigenvalue weighted by molar-refractivity contribution is -0.162. The maximum Gasteiger partial charge on any atom is 0.397 e. The highest BCUT2D eigenvalue weighted by Gasteiger charge is 2.39. The first-order chi connectivity index (χ1) is 7.85. The van der Waals surface area contributed by atoms with Gasteiger partial charge in [-0.3, -0.25) is 4.79 Å². The highest BCUT2D eigenvalue weighted by Crippen LogP contribution is 2.30. The minimum atomic E-state index is -4.41. The summed E-state index contributed by atoms with van der Waals surface area (Å²) < 4.78 is 36.4. The zero-order valence-corrected chi connectivity index (χ0v) is 11.0. The number of piperidine rings is 1. The number of hydrogen-bond acceptors (Lipinski definition) is 2. The number of rotatable bonds is 2. The molecule has 0 aromatic carbocycles. The van der Waals surface area contributed by atoms with Gasteiger partial charge in [0.25, 0.3) is 0 Å². The Morgan fingerprint density at radius 1 is 1.28 bits per heavy atom. The molecule has 2 rings (SSSR count). The first kappa shape index (κ1) is 15.6. The molecule has 2 aliphatic heterocycles. The molecule has 3 nitrogen and oxygen atoms in total. The summed E-state index contributed by atoms with van der Waals surface area (Å²) in [4.78, 5) is 12.8. The van der Waals surface area contributed by atoms with E-state index >= 15 is 0 Å². The fourth-order valence-corrected chi connectivity index (χ4v) is 2.84. The summed E-state index contributed by atoms with van der Waals surface area (Å²) in [6, 6.07) is 0.711. The second kappa shape index (κ2) is 5.65. The molecule has 2 atom stereocenters. The Morgan fingerprint density at radius 3 is 2.22 bits per heavy atom. The average Bonchev–Trinajstić information content (AvgIpc) is 2.54. The Morgan fingerprint density at radius 2 is 1.78 bits per heavy atom. The number of amides is 1. The molecule has 2 heterocycles. The van der Waals surface area contributed by atoms with Crippen LogP contribution in [-0.2, 0) is 4.79 Å². The summed E-state index contributed by atoms with van der Waals surface area (Å²) >= 11 is 0. The van der Waals surface area contributed by atoms with Gasteiger partial charge in [0.2, 0.25) is 5.91 Å². The molecule has 1 N–H and O–H groups in total. The van der Waals surface area contributed by atoms with E-state index in [2.05, 4.69) is 5.32 Å². The maximum atomic E-state index is 12.1. The summed E-state index contributed by atoms with van der Waals surface area (Å²) in [5.41, 5.74) is 0. The molecule has 0 aromatic rings. The summed E-state index contributed by atoms with van der Waals surface area (Å²) in [5, 5.41) is 3.40. The van der Waals surface area contributed by atoms with Crippen molar-refractivity contribution in [2.45, 2.75) is 56.4 Å². The van der Waals surface area contributed by atoms with Gasteiger partial charge in [0.15, 0.2) is 0 Å². The molecule has 106 valence electrons. The number of hydrogen-bond donors (Lipinski definition) is 1. The SMILES string of the molecule is CN(C(=O)CC(F)(F)F)C1CC2CCC(C1)N2.Cl. The van der Waals surface area contributed by atoms with E-state index in [1.807, 2.05) is 0 Å². The first-order valence-electron chi connectivity index (χ1n) is 5.93. The van der Waals surface area contributed by atoms with E-state index in [9.17, 15) is 18.0 Å². The molecule has 0 saturated carbocycles. The van der Waals surface area contributed by atoms with Gasteiger partial charge >= 0.3 is 6.18 Å². The molecule has 2 saturated heterocycles. The number of carbonyl (C=O) groups excluding carboxylic acids is 1. The van der Waals surface area contributed by atoms with Crippen LogP contribution >= 0.6 is 12.4 Å². The minimum absolute atomic E-state index is 0. The Bertz CT molecular complexity index is 299. The predicted octanol–water partition coefficient (Wildman–Crippen LogP) is 2.10. The lowest BCUT2D eigenvalue weighted by Crippen LogP contribution is -2.49. The smallest absolute Gasteiger partial charge is 0.342 e. The van der Waals surface area contributed by atoms with E-state index in [4.69, 9.17) is 0 Å². The second-order valence-electron chi connectivity index (χ2n) is 5.06. The third-order valence-corrected chi connectivity index (χ3v) is 3.74. The lowest BCUT2D eigenvalue weighted by Gasteiger charge is -2.35. The number of carbonyl (C=O) groups is 1. The van der Waals surface area contributed by atoms with Gasteiger partial charge in [-0.05, 0) is 25.7 Å². The lowest BCUT2D eigenvalue weighted by atomic mass is 9.98. The van der Waals surface area contributed by atoms with Crippen molar-refractivity contribution < 1.29 is 18.0 Å². The van der Waals surface area contributed by atoms with E-state index in [0.717, 1.165) is 25.7 Å². The van der Waals surface area contributed by atoms with E-state index in [1.54, 1.807) is 0 Å². The molecule has 0 spiro atoms. The number of alkyl halides is 3. The van der Waals surface area contributed by atoms with Crippen molar-refractivity contribution in [3.63, 3.8) is 0 Å². The van der Waals surface area contributed by atoms with E-state index in [1.165, 1.54) is 11.9 Å². The quantitative estimate of drug-likeness (QED) is 0.843. The molecule has 0 radical (unpaired) electrons. The summed E-state index contributed by atoms with van der Waals surface area (Å²) in [6.07, 6.45) is -2.06. The summed E-state index contributed by atoms with van der Waals surface area (Å²) in [5.74, 6) is -0.816. The van der Waals surface area contributed by atoms with Crippen molar-refractivity contribution in [1.29, 1.82) is 0 Å². The fourth-order valence-electron chi connectivity index (χ4n) is 2.84. The van der Waals surface area contributed by atoms with Crippen LogP contribution < -0.4 is 5.32 Å². The summed E-state index contributed by atoms with van der Waals surface area (Å²) in [7, 11) is 1.49. The van der Waals surface area contributed by atoms with E-state index < -0.39 is 18.5 Å². The average molecular weight is 287 g/mol. The van der Waals surface area contributed by atoms with E-state index in [-0.39, 0.29) is 18.4 Å². The van der Waals surface area contributed by atoms with E-state index in [0.29, 0.717) is 12.1 Å². The van der Waals surface area contributed by atoms with Crippen LogP contribution in [0.3, 0.4) is 0 Å². The maximum absolute atomic E-state index is 12.1. The molecule has 2 fully saturated rings. The molecule has 0 aliphatic carbocycles. The van der Waals surface area contributed by atoms with Crippen LogP contribution in [-0.4, -0.2) is 42.2 Å².